The Morgan fingerprint density at radius 3 is 2.71 bits per heavy atom. The fourth-order valence-corrected chi connectivity index (χ4v) is 2.77. The number of hydrogen-bond donors (Lipinski definition) is 0. The van der Waals surface area contributed by atoms with Gasteiger partial charge in [0.2, 0.25) is 11.8 Å². The molecule has 2 aromatic heterocycles. The Morgan fingerprint density at radius 1 is 1.29 bits per heavy atom. The molecule has 110 valence electrons. The summed E-state index contributed by atoms with van der Waals surface area (Å²) in [7, 11) is 0. The Hall–Kier alpha value is -2.09. The molecule has 1 aliphatic heterocycles. The number of imide groups is 1. The average Bonchev–Trinajstić information content (AvgIpc) is 3.15. The van der Waals surface area contributed by atoms with E-state index >= 15 is 0 Å². The van der Waals surface area contributed by atoms with Gasteiger partial charge >= 0.3 is 0 Å². The van der Waals surface area contributed by atoms with Crippen molar-refractivity contribution in [3.63, 3.8) is 0 Å². The number of furan rings is 1. The van der Waals surface area contributed by atoms with E-state index in [1.807, 2.05) is 6.92 Å². The minimum Gasteiger partial charge on any atom is -0.469 e. The van der Waals surface area contributed by atoms with Crippen LogP contribution in [0.15, 0.2) is 26.4 Å². The van der Waals surface area contributed by atoms with Crippen LogP contribution in [0.1, 0.15) is 18.6 Å². The van der Waals surface area contributed by atoms with E-state index in [1.54, 1.807) is 12.3 Å². The minimum atomic E-state index is -0.110. The molecule has 0 aliphatic carbocycles. The lowest BCUT2D eigenvalue weighted by Gasteiger charge is -2.11. The van der Waals surface area contributed by atoms with Gasteiger partial charge in [0, 0.05) is 25.1 Å². The van der Waals surface area contributed by atoms with E-state index < -0.39 is 0 Å². The fourth-order valence-electron chi connectivity index (χ4n) is 2.08. The zero-order valence-corrected chi connectivity index (χ0v) is 12.2. The van der Waals surface area contributed by atoms with Gasteiger partial charge in [-0.2, -0.15) is 0 Å². The first-order chi connectivity index (χ1) is 10.1. The van der Waals surface area contributed by atoms with Crippen LogP contribution >= 0.6 is 11.8 Å². The average molecular weight is 307 g/mol. The van der Waals surface area contributed by atoms with Crippen molar-refractivity contribution in [3.8, 4) is 11.5 Å². The van der Waals surface area contributed by atoms with E-state index in [4.69, 9.17) is 8.83 Å². The summed E-state index contributed by atoms with van der Waals surface area (Å²) in [5.41, 5.74) is 0.763. The summed E-state index contributed by atoms with van der Waals surface area (Å²) >= 11 is 1.32. The van der Waals surface area contributed by atoms with Crippen molar-refractivity contribution in [3.05, 3.63) is 18.1 Å². The second kappa shape index (κ2) is 5.72. The maximum Gasteiger partial charge on any atom is 0.276 e. The lowest BCUT2D eigenvalue weighted by atomic mass is 10.3. The third kappa shape index (κ3) is 2.85. The molecule has 7 nitrogen and oxygen atoms in total. The molecule has 1 fully saturated rings. The van der Waals surface area contributed by atoms with Gasteiger partial charge in [0.25, 0.3) is 11.1 Å². The van der Waals surface area contributed by atoms with Crippen molar-refractivity contribution >= 4 is 23.6 Å². The zero-order chi connectivity index (χ0) is 14.8. The Balaban J connectivity index is 1.57. The molecule has 0 radical (unpaired) electrons. The molecular formula is C13H13N3O4S. The topological polar surface area (TPSA) is 89.4 Å². The molecule has 0 saturated carbocycles. The molecule has 0 atom stereocenters. The van der Waals surface area contributed by atoms with Crippen LogP contribution in [0.3, 0.4) is 0 Å². The first-order valence-corrected chi connectivity index (χ1v) is 7.47. The molecule has 3 heterocycles. The molecule has 3 rings (SSSR count). The normalized spacial score (nSPS) is 15.2. The lowest BCUT2D eigenvalue weighted by Crippen LogP contribution is -2.31. The number of likely N-dealkylation sites (tertiary alicyclic amines) is 1. The van der Waals surface area contributed by atoms with Gasteiger partial charge in [0.05, 0.1) is 11.8 Å². The summed E-state index contributed by atoms with van der Waals surface area (Å²) in [6, 6.07) is 1.76. The number of hydrogen-bond acceptors (Lipinski definition) is 7. The molecule has 0 N–H and O–H groups in total. The van der Waals surface area contributed by atoms with Gasteiger partial charge in [-0.05, 0) is 13.0 Å². The molecule has 21 heavy (non-hydrogen) atoms. The Labute approximate surface area is 124 Å². The van der Waals surface area contributed by atoms with Crippen LogP contribution in [0.25, 0.3) is 11.5 Å². The van der Waals surface area contributed by atoms with Gasteiger partial charge in [-0.1, -0.05) is 11.8 Å². The molecule has 0 bridgehead atoms. The standard InChI is InChI=1S/C13H13N3O4S/c1-8-9(4-6-19-8)12-14-15-13(20-12)21-7-5-16-10(17)2-3-11(16)18/h4,6H,2-3,5,7H2,1H3. The van der Waals surface area contributed by atoms with Crippen LogP contribution in [-0.4, -0.2) is 39.2 Å². The Kier molecular flexibility index (Phi) is 3.78. The number of aryl methyl sites for hydroxylation is 1. The highest BCUT2D eigenvalue weighted by atomic mass is 32.2. The van der Waals surface area contributed by atoms with Crippen molar-refractivity contribution in [1.82, 2.24) is 15.1 Å². The molecule has 1 saturated heterocycles. The largest absolute Gasteiger partial charge is 0.469 e. The zero-order valence-electron chi connectivity index (χ0n) is 11.4. The third-order valence-corrected chi connectivity index (χ3v) is 3.99. The van der Waals surface area contributed by atoms with Crippen molar-refractivity contribution < 1.29 is 18.4 Å². The molecule has 0 aromatic carbocycles. The maximum atomic E-state index is 11.5. The van der Waals surface area contributed by atoms with E-state index in [1.165, 1.54) is 16.7 Å². The molecule has 2 aromatic rings. The Bertz CT molecular complexity index is 663. The summed E-state index contributed by atoms with van der Waals surface area (Å²) in [6.07, 6.45) is 2.19. The van der Waals surface area contributed by atoms with Crippen LogP contribution in [0.5, 0.6) is 0 Å². The highest BCUT2D eigenvalue weighted by Crippen LogP contribution is 2.26. The monoisotopic (exact) mass is 307 g/mol. The molecule has 8 heteroatoms. The van der Waals surface area contributed by atoms with Gasteiger partial charge in [-0.3, -0.25) is 14.5 Å². The predicted molar refractivity (Wildman–Crippen MR) is 73.4 cm³/mol. The SMILES string of the molecule is Cc1occc1-c1nnc(SCCN2C(=O)CCC2=O)o1. The number of carbonyl (C=O) groups is 2. The van der Waals surface area contributed by atoms with Crippen LogP contribution in [0.2, 0.25) is 0 Å². The van der Waals surface area contributed by atoms with E-state index in [9.17, 15) is 9.59 Å². The molecule has 0 unspecified atom stereocenters. The number of aromatic nitrogens is 2. The van der Waals surface area contributed by atoms with Crippen LogP contribution in [0.4, 0.5) is 0 Å². The van der Waals surface area contributed by atoms with E-state index in [0.29, 0.717) is 42.0 Å². The third-order valence-electron chi connectivity index (χ3n) is 3.19. The van der Waals surface area contributed by atoms with Crippen LogP contribution in [-0.2, 0) is 9.59 Å². The summed E-state index contributed by atoms with van der Waals surface area (Å²) in [5.74, 6) is 1.42. The van der Waals surface area contributed by atoms with Gasteiger partial charge in [0.1, 0.15) is 5.76 Å². The fraction of sp³-hybridized carbons (Fsp3) is 0.385. The first kappa shape index (κ1) is 13.9. The molecular weight excluding hydrogens is 294 g/mol. The number of amides is 2. The van der Waals surface area contributed by atoms with Gasteiger partial charge < -0.3 is 8.83 Å². The van der Waals surface area contributed by atoms with Crippen LogP contribution < -0.4 is 0 Å². The lowest BCUT2D eigenvalue weighted by molar-refractivity contribution is -0.137. The van der Waals surface area contributed by atoms with Crippen molar-refractivity contribution in [1.29, 1.82) is 0 Å². The number of thioether (sulfide) groups is 1. The molecule has 1 aliphatic rings. The summed E-state index contributed by atoms with van der Waals surface area (Å²) in [4.78, 5) is 24.2. The van der Waals surface area contributed by atoms with Crippen molar-refractivity contribution in [2.75, 3.05) is 12.3 Å². The smallest absolute Gasteiger partial charge is 0.276 e. The minimum absolute atomic E-state index is 0.110. The Morgan fingerprint density at radius 2 is 2.05 bits per heavy atom. The van der Waals surface area contributed by atoms with Gasteiger partial charge in [-0.15, -0.1) is 10.2 Å². The van der Waals surface area contributed by atoms with Gasteiger partial charge in [-0.25, -0.2) is 0 Å². The second-order valence-corrected chi connectivity index (χ2v) is 5.60. The van der Waals surface area contributed by atoms with Crippen molar-refractivity contribution in [2.45, 2.75) is 25.0 Å². The number of carbonyl (C=O) groups excluding carboxylic acids is 2. The van der Waals surface area contributed by atoms with E-state index in [2.05, 4.69) is 10.2 Å². The van der Waals surface area contributed by atoms with Gasteiger partial charge in [0.15, 0.2) is 0 Å². The number of rotatable bonds is 5. The molecule has 0 spiro atoms. The predicted octanol–water partition coefficient (Wildman–Crippen LogP) is 1.88. The summed E-state index contributed by atoms with van der Waals surface area (Å²) < 4.78 is 10.7. The summed E-state index contributed by atoms with van der Waals surface area (Å²) in [5, 5.41) is 8.29. The van der Waals surface area contributed by atoms with E-state index in [-0.39, 0.29) is 11.8 Å². The molecule has 2 amide bonds. The highest BCUT2D eigenvalue weighted by molar-refractivity contribution is 7.99. The van der Waals surface area contributed by atoms with E-state index in [0.717, 1.165) is 5.56 Å². The quantitative estimate of drug-likeness (QED) is 0.615. The van der Waals surface area contributed by atoms with Crippen molar-refractivity contribution in [2.24, 2.45) is 0 Å². The first-order valence-electron chi connectivity index (χ1n) is 6.49. The van der Waals surface area contributed by atoms with Crippen LogP contribution in [0, 0.1) is 6.92 Å². The highest BCUT2D eigenvalue weighted by Gasteiger charge is 2.28. The maximum absolute atomic E-state index is 11.5. The number of nitrogens with zero attached hydrogens (tertiary/aromatic N) is 3. The summed E-state index contributed by atoms with van der Waals surface area (Å²) in [6.45, 7) is 2.18. The second-order valence-electron chi connectivity index (χ2n) is 4.55.